The van der Waals surface area contributed by atoms with Gasteiger partial charge in [0.05, 0.1) is 18.0 Å². The summed E-state index contributed by atoms with van der Waals surface area (Å²) in [7, 11) is -3.61. The van der Waals surface area contributed by atoms with Crippen molar-refractivity contribution in [2.75, 3.05) is 10.6 Å². The second-order valence-corrected chi connectivity index (χ2v) is 8.95. The largest absolute Gasteiger partial charge is 0.348 e. The summed E-state index contributed by atoms with van der Waals surface area (Å²) in [6, 6.07) is 11.8. The van der Waals surface area contributed by atoms with Crippen LogP contribution in [0.4, 0.5) is 5.69 Å². The molecular formula is C21H28N2O3S. The van der Waals surface area contributed by atoms with Gasteiger partial charge in [-0.3, -0.25) is 9.10 Å². The fraction of sp³-hybridized carbons (Fsp3) is 0.381. The minimum atomic E-state index is -3.61. The van der Waals surface area contributed by atoms with Crippen molar-refractivity contribution in [1.29, 1.82) is 0 Å². The van der Waals surface area contributed by atoms with Crippen LogP contribution >= 0.6 is 0 Å². The zero-order chi connectivity index (χ0) is 20.4. The molecule has 146 valence electrons. The van der Waals surface area contributed by atoms with Gasteiger partial charge in [-0.2, -0.15) is 0 Å². The van der Waals surface area contributed by atoms with E-state index in [1.807, 2.05) is 20.8 Å². The van der Waals surface area contributed by atoms with Gasteiger partial charge in [-0.05, 0) is 69.0 Å². The van der Waals surface area contributed by atoms with E-state index >= 15 is 0 Å². The van der Waals surface area contributed by atoms with Crippen molar-refractivity contribution in [2.45, 2.75) is 46.7 Å². The molecule has 2 atom stereocenters. The first-order valence-electron chi connectivity index (χ1n) is 8.95. The molecule has 0 aliphatic heterocycles. The molecule has 5 nitrogen and oxygen atoms in total. The Morgan fingerprint density at radius 2 is 1.52 bits per heavy atom. The van der Waals surface area contributed by atoms with Gasteiger partial charge in [0.1, 0.15) is 6.04 Å². The lowest BCUT2D eigenvalue weighted by Crippen LogP contribution is -2.48. The standard InChI is InChI=1S/C21H28N2O3S/c1-14-12-16(3)20(13-15(14)2)17(4)22-21(24)18(5)23(27(6,25)26)19-10-8-7-9-11-19/h7-13,17-18H,1-6H3,(H,22,24)/t17-,18-/m1/s1. The molecule has 0 aliphatic rings. The fourth-order valence-electron chi connectivity index (χ4n) is 3.24. The Balaban J connectivity index is 2.27. The number of carbonyl (C=O) groups is 1. The Hall–Kier alpha value is -2.34. The molecule has 0 fully saturated rings. The van der Waals surface area contributed by atoms with Gasteiger partial charge in [-0.15, -0.1) is 0 Å². The summed E-state index contributed by atoms with van der Waals surface area (Å²) >= 11 is 0. The number of nitrogens with zero attached hydrogens (tertiary/aromatic N) is 1. The first-order chi connectivity index (χ1) is 12.5. The first-order valence-corrected chi connectivity index (χ1v) is 10.8. The van der Waals surface area contributed by atoms with Crippen LogP contribution in [0.5, 0.6) is 0 Å². The van der Waals surface area contributed by atoms with Crippen LogP contribution in [0.25, 0.3) is 0 Å². The van der Waals surface area contributed by atoms with E-state index in [0.717, 1.165) is 27.3 Å². The van der Waals surface area contributed by atoms with Crippen molar-refractivity contribution in [3.05, 3.63) is 64.7 Å². The first kappa shape index (κ1) is 21.0. The third-order valence-corrected chi connectivity index (χ3v) is 6.05. The van der Waals surface area contributed by atoms with Gasteiger partial charge in [0.25, 0.3) is 0 Å². The molecule has 0 saturated heterocycles. The lowest BCUT2D eigenvalue weighted by atomic mass is 9.96. The molecule has 0 spiro atoms. The monoisotopic (exact) mass is 388 g/mol. The van der Waals surface area contributed by atoms with Crippen molar-refractivity contribution in [1.82, 2.24) is 5.32 Å². The molecule has 0 unspecified atom stereocenters. The van der Waals surface area contributed by atoms with Gasteiger partial charge in [0.2, 0.25) is 15.9 Å². The summed E-state index contributed by atoms with van der Waals surface area (Å²) in [5, 5.41) is 2.96. The van der Waals surface area contributed by atoms with Crippen molar-refractivity contribution in [3.63, 3.8) is 0 Å². The van der Waals surface area contributed by atoms with E-state index in [-0.39, 0.29) is 11.9 Å². The quantitative estimate of drug-likeness (QED) is 0.821. The highest BCUT2D eigenvalue weighted by atomic mass is 32.2. The number of hydrogen-bond donors (Lipinski definition) is 1. The summed E-state index contributed by atoms with van der Waals surface area (Å²) in [6.45, 7) is 9.62. The van der Waals surface area contributed by atoms with Gasteiger partial charge in [0.15, 0.2) is 0 Å². The summed E-state index contributed by atoms with van der Waals surface area (Å²) in [6.07, 6.45) is 1.11. The predicted molar refractivity (Wildman–Crippen MR) is 110 cm³/mol. The molecule has 1 amide bonds. The topological polar surface area (TPSA) is 66.5 Å². The summed E-state index contributed by atoms with van der Waals surface area (Å²) in [5.41, 5.74) is 4.96. The minimum absolute atomic E-state index is 0.226. The van der Waals surface area contributed by atoms with Gasteiger partial charge >= 0.3 is 0 Å². The van der Waals surface area contributed by atoms with E-state index < -0.39 is 16.1 Å². The highest BCUT2D eigenvalue weighted by molar-refractivity contribution is 7.92. The van der Waals surface area contributed by atoms with E-state index in [4.69, 9.17) is 0 Å². The van der Waals surface area contributed by atoms with Crippen molar-refractivity contribution in [3.8, 4) is 0 Å². The lowest BCUT2D eigenvalue weighted by molar-refractivity contribution is -0.122. The number of nitrogens with one attached hydrogen (secondary N) is 1. The number of sulfonamides is 1. The molecule has 2 aromatic rings. The zero-order valence-corrected chi connectivity index (χ0v) is 17.6. The maximum atomic E-state index is 12.8. The number of hydrogen-bond acceptors (Lipinski definition) is 3. The third kappa shape index (κ3) is 4.89. The summed E-state index contributed by atoms with van der Waals surface area (Å²) in [4.78, 5) is 12.8. The minimum Gasteiger partial charge on any atom is -0.348 e. The van der Waals surface area contributed by atoms with Crippen molar-refractivity contribution in [2.24, 2.45) is 0 Å². The summed E-state index contributed by atoms with van der Waals surface area (Å²) < 4.78 is 25.8. The SMILES string of the molecule is Cc1cc(C)c([C@@H](C)NC(=O)[C@@H](C)N(c2ccccc2)S(C)(=O)=O)cc1C. The molecule has 0 heterocycles. The van der Waals surface area contributed by atoms with Crippen LogP contribution in [-0.4, -0.2) is 26.6 Å². The van der Waals surface area contributed by atoms with E-state index in [1.54, 1.807) is 37.3 Å². The van der Waals surface area contributed by atoms with E-state index in [9.17, 15) is 13.2 Å². The number of aryl methyl sites for hydroxylation is 3. The molecule has 0 radical (unpaired) electrons. The highest BCUT2D eigenvalue weighted by Crippen LogP contribution is 2.23. The Kier molecular flexibility index (Phi) is 6.31. The normalized spacial score (nSPS) is 13.7. The van der Waals surface area contributed by atoms with E-state index in [1.165, 1.54) is 5.56 Å². The number of carbonyl (C=O) groups excluding carboxylic acids is 1. The Bertz CT molecular complexity index is 924. The van der Waals surface area contributed by atoms with Gasteiger partial charge in [0, 0.05) is 0 Å². The van der Waals surface area contributed by atoms with Gasteiger partial charge in [-0.1, -0.05) is 30.3 Å². The van der Waals surface area contributed by atoms with Crippen LogP contribution in [0.3, 0.4) is 0 Å². The molecule has 6 heteroatoms. The predicted octanol–water partition coefficient (Wildman–Crippen LogP) is 3.64. The second-order valence-electron chi connectivity index (χ2n) is 7.09. The zero-order valence-electron chi connectivity index (χ0n) is 16.8. The summed E-state index contributed by atoms with van der Waals surface area (Å²) in [5.74, 6) is -0.339. The van der Waals surface area contributed by atoms with Gasteiger partial charge in [-0.25, -0.2) is 8.42 Å². The Morgan fingerprint density at radius 1 is 0.963 bits per heavy atom. The fourth-order valence-corrected chi connectivity index (χ4v) is 4.42. The molecule has 0 aliphatic carbocycles. The number of benzene rings is 2. The third-order valence-electron chi connectivity index (χ3n) is 4.81. The molecule has 2 rings (SSSR count). The molecule has 1 N–H and O–H groups in total. The second kappa shape index (κ2) is 8.13. The van der Waals surface area contributed by atoms with Crippen molar-refractivity contribution < 1.29 is 13.2 Å². The number of anilines is 1. The van der Waals surface area contributed by atoms with Crippen LogP contribution in [0.2, 0.25) is 0 Å². The van der Waals surface area contributed by atoms with E-state index in [2.05, 4.69) is 24.4 Å². The maximum Gasteiger partial charge on any atom is 0.244 e. The number of rotatable bonds is 6. The highest BCUT2D eigenvalue weighted by Gasteiger charge is 2.29. The van der Waals surface area contributed by atoms with Crippen LogP contribution in [0.15, 0.2) is 42.5 Å². The van der Waals surface area contributed by atoms with Crippen LogP contribution in [0.1, 0.15) is 42.1 Å². The maximum absolute atomic E-state index is 12.8. The van der Waals surface area contributed by atoms with Crippen molar-refractivity contribution >= 4 is 21.6 Å². The van der Waals surface area contributed by atoms with Crippen LogP contribution in [-0.2, 0) is 14.8 Å². The molecule has 0 saturated carbocycles. The Morgan fingerprint density at radius 3 is 2.07 bits per heavy atom. The lowest BCUT2D eigenvalue weighted by Gasteiger charge is -2.29. The van der Waals surface area contributed by atoms with Crippen LogP contribution < -0.4 is 9.62 Å². The molecule has 0 aromatic heterocycles. The van der Waals surface area contributed by atoms with Gasteiger partial charge < -0.3 is 5.32 Å². The average Bonchev–Trinajstić information content (AvgIpc) is 2.57. The average molecular weight is 389 g/mol. The van der Waals surface area contributed by atoms with E-state index in [0.29, 0.717) is 5.69 Å². The Labute approximate surface area is 162 Å². The van der Waals surface area contributed by atoms with Crippen LogP contribution in [0, 0.1) is 20.8 Å². The molecular weight excluding hydrogens is 360 g/mol. The molecule has 2 aromatic carbocycles. The molecule has 0 bridgehead atoms. The number of para-hydroxylation sites is 1. The smallest absolute Gasteiger partial charge is 0.244 e. The molecule has 27 heavy (non-hydrogen) atoms. The number of amides is 1.